The maximum absolute atomic E-state index is 9.66. The van der Waals surface area contributed by atoms with Crippen LogP contribution in [0, 0.1) is 0 Å². The second kappa shape index (κ2) is 5.01. The van der Waals surface area contributed by atoms with Gasteiger partial charge in [0.15, 0.2) is 0 Å². The van der Waals surface area contributed by atoms with Crippen molar-refractivity contribution >= 4 is 23.2 Å². The van der Waals surface area contributed by atoms with E-state index in [1.165, 1.54) is 0 Å². The second-order valence-corrected chi connectivity index (χ2v) is 4.25. The molecule has 0 radical (unpaired) electrons. The van der Waals surface area contributed by atoms with E-state index in [0.29, 0.717) is 10.0 Å². The lowest BCUT2D eigenvalue weighted by Gasteiger charge is -2.17. The third kappa shape index (κ3) is 2.63. The van der Waals surface area contributed by atoms with E-state index in [2.05, 4.69) is 0 Å². The molecule has 0 amide bonds. The molecular weight excluding hydrogens is 219 g/mol. The summed E-state index contributed by atoms with van der Waals surface area (Å²) in [4.78, 5) is 0. The van der Waals surface area contributed by atoms with E-state index in [0.717, 1.165) is 12.0 Å². The van der Waals surface area contributed by atoms with Gasteiger partial charge in [0.1, 0.15) is 0 Å². The van der Waals surface area contributed by atoms with Crippen molar-refractivity contribution in [2.75, 3.05) is 0 Å². The molecule has 0 saturated heterocycles. The Labute approximate surface area is 94.7 Å². The van der Waals surface area contributed by atoms with E-state index in [9.17, 15) is 5.11 Å². The molecule has 0 fully saturated rings. The first-order valence-electron chi connectivity index (χ1n) is 4.69. The van der Waals surface area contributed by atoms with Crippen molar-refractivity contribution in [3.05, 3.63) is 33.8 Å². The van der Waals surface area contributed by atoms with Crippen LogP contribution in [-0.2, 0) is 0 Å². The van der Waals surface area contributed by atoms with Crippen molar-refractivity contribution in [2.24, 2.45) is 0 Å². The molecule has 0 heterocycles. The van der Waals surface area contributed by atoms with Gasteiger partial charge in [0.25, 0.3) is 0 Å². The van der Waals surface area contributed by atoms with Gasteiger partial charge in [0.05, 0.1) is 16.1 Å². The van der Waals surface area contributed by atoms with E-state index < -0.39 is 0 Å². The first-order valence-corrected chi connectivity index (χ1v) is 5.44. The standard InChI is InChI=1S/C11H14Cl2O/c1-3-11(14)7(2)8-4-5-9(12)10(13)6-8/h4-7,11,14H,3H2,1-2H3. The lowest BCUT2D eigenvalue weighted by atomic mass is 9.94. The van der Waals surface area contributed by atoms with E-state index in [-0.39, 0.29) is 12.0 Å². The Balaban J connectivity index is 2.91. The van der Waals surface area contributed by atoms with Crippen molar-refractivity contribution in [1.29, 1.82) is 0 Å². The summed E-state index contributed by atoms with van der Waals surface area (Å²) in [6.07, 6.45) is 0.411. The van der Waals surface area contributed by atoms with Crippen molar-refractivity contribution in [2.45, 2.75) is 32.3 Å². The number of aliphatic hydroxyl groups is 1. The van der Waals surface area contributed by atoms with Crippen molar-refractivity contribution in [3.63, 3.8) is 0 Å². The summed E-state index contributed by atoms with van der Waals surface area (Å²) in [5.41, 5.74) is 1.02. The quantitative estimate of drug-likeness (QED) is 0.840. The minimum Gasteiger partial charge on any atom is -0.393 e. The third-order valence-electron chi connectivity index (χ3n) is 2.46. The summed E-state index contributed by atoms with van der Waals surface area (Å²) in [6.45, 7) is 3.94. The SMILES string of the molecule is CCC(O)C(C)c1ccc(Cl)c(Cl)c1. The molecule has 0 aliphatic heterocycles. The Bertz CT molecular complexity index is 312. The molecule has 0 saturated carbocycles. The van der Waals surface area contributed by atoms with Crippen LogP contribution >= 0.6 is 23.2 Å². The lowest BCUT2D eigenvalue weighted by molar-refractivity contribution is 0.145. The Morgan fingerprint density at radius 1 is 1.29 bits per heavy atom. The molecule has 1 N–H and O–H groups in total. The molecule has 0 aliphatic carbocycles. The van der Waals surface area contributed by atoms with Gasteiger partial charge in [-0.1, -0.05) is 43.1 Å². The van der Waals surface area contributed by atoms with Gasteiger partial charge in [-0.15, -0.1) is 0 Å². The zero-order valence-corrected chi connectivity index (χ0v) is 9.81. The number of benzene rings is 1. The summed E-state index contributed by atoms with van der Waals surface area (Å²) >= 11 is 11.7. The highest BCUT2D eigenvalue weighted by atomic mass is 35.5. The van der Waals surface area contributed by atoms with Crippen LogP contribution in [0.25, 0.3) is 0 Å². The normalized spacial score (nSPS) is 15.2. The van der Waals surface area contributed by atoms with Gasteiger partial charge in [-0.05, 0) is 24.1 Å². The molecule has 1 nitrogen and oxygen atoms in total. The minimum absolute atomic E-state index is 0.0924. The number of rotatable bonds is 3. The number of hydrogen-bond acceptors (Lipinski definition) is 1. The number of aliphatic hydroxyl groups excluding tert-OH is 1. The van der Waals surface area contributed by atoms with Crippen molar-refractivity contribution in [1.82, 2.24) is 0 Å². The summed E-state index contributed by atoms with van der Waals surface area (Å²) < 4.78 is 0. The van der Waals surface area contributed by atoms with Gasteiger partial charge in [-0.3, -0.25) is 0 Å². The van der Waals surface area contributed by atoms with Crippen LogP contribution in [0.15, 0.2) is 18.2 Å². The highest BCUT2D eigenvalue weighted by Gasteiger charge is 2.14. The first kappa shape index (κ1) is 11.8. The molecule has 0 aromatic heterocycles. The van der Waals surface area contributed by atoms with Crippen LogP contribution < -0.4 is 0 Å². The monoisotopic (exact) mass is 232 g/mol. The van der Waals surface area contributed by atoms with Crippen molar-refractivity contribution in [3.8, 4) is 0 Å². The maximum atomic E-state index is 9.66. The summed E-state index contributed by atoms with van der Waals surface area (Å²) in [5.74, 6) is 0.0924. The molecule has 0 aliphatic rings. The molecule has 2 atom stereocenters. The Morgan fingerprint density at radius 2 is 1.93 bits per heavy atom. The number of hydrogen-bond donors (Lipinski definition) is 1. The zero-order valence-electron chi connectivity index (χ0n) is 8.30. The third-order valence-corrected chi connectivity index (χ3v) is 3.20. The zero-order chi connectivity index (χ0) is 10.7. The van der Waals surface area contributed by atoms with Crippen LogP contribution in [-0.4, -0.2) is 11.2 Å². The molecule has 3 heteroatoms. The largest absolute Gasteiger partial charge is 0.393 e. The van der Waals surface area contributed by atoms with E-state index >= 15 is 0 Å². The second-order valence-electron chi connectivity index (χ2n) is 3.44. The Kier molecular flexibility index (Phi) is 4.24. The Hall–Kier alpha value is -0.240. The average molecular weight is 233 g/mol. The molecule has 0 spiro atoms. The topological polar surface area (TPSA) is 20.2 Å². The molecule has 0 bridgehead atoms. The average Bonchev–Trinajstić information content (AvgIpc) is 2.20. The van der Waals surface area contributed by atoms with Gasteiger partial charge in [-0.2, -0.15) is 0 Å². The fraction of sp³-hybridized carbons (Fsp3) is 0.455. The smallest absolute Gasteiger partial charge is 0.0603 e. The fourth-order valence-electron chi connectivity index (χ4n) is 1.37. The molecule has 1 rings (SSSR count). The van der Waals surface area contributed by atoms with Gasteiger partial charge >= 0.3 is 0 Å². The number of halogens is 2. The minimum atomic E-state index is -0.327. The van der Waals surface area contributed by atoms with E-state index in [1.54, 1.807) is 6.07 Å². The van der Waals surface area contributed by atoms with Gasteiger partial charge in [-0.25, -0.2) is 0 Å². The summed E-state index contributed by atoms with van der Waals surface area (Å²) in [5, 5.41) is 10.8. The van der Waals surface area contributed by atoms with Crippen LogP contribution in [0.1, 0.15) is 31.7 Å². The summed E-state index contributed by atoms with van der Waals surface area (Å²) in [6, 6.07) is 5.48. The predicted molar refractivity (Wildman–Crippen MR) is 61.2 cm³/mol. The molecule has 1 aromatic carbocycles. The molecule has 78 valence electrons. The van der Waals surface area contributed by atoms with Crippen molar-refractivity contribution < 1.29 is 5.11 Å². The Morgan fingerprint density at radius 3 is 2.43 bits per heavy atom. The van der Waals surface area contributed by atoms with Crippen LogP contribution in [0.3, 0.4) is 0 Å². The summed E-state index contributed by atoms with van der Waals surface area (Å²) in [7, 11) is 0. The van der Waals surface area contributed by atoms with Gasteiger partial charge in [0.2, 0.25) is 0 Å². The highest BCUT2D eigenvalue weighted by Crippen LogP contribution is 2.28. The molecular formula is C11H14Cl2O. The van der Waals surface area contributed by atoms with Crippen LogP contribution in [0.2, 0.25) is 10.0 Å². The van der Waals surface area contributed by atoms with Gasteiger partial charge < -0.3 is 5.11 Å². The van der Waals surface area contributed by atoms with Crippen LogP contribution in [0.5, 0.6) is 0 Å². The fourth-order valence-corrected chi connectivity index (χ4v) is 1.68. The molecule has 2 unspecified atom stereocenters. The molecule has 14 heavy (non-hydrogen) atoms. The van der Waals surface area contributed by atoms with Crippen LogP contribution in [0.4, 0.5) is 0 Å². The lowest BCUT2D eigenvalue weighted by Crippen LogP contribution is -2.14. The van der Waals surface area contributed by atoms with E-state index in [4.69, 9.17) is 23.2 Å². The van der Waals surface area contributed by atoms with Gasteiger partial charge in [0, 0.05) is 5.92 Å². The highest BCUT2D eigenvalue weighted by molar-refractivity contribution is 6.42. The maximum Gasteiger partial charge on any atom is 0.0603 e. The van der Waals surface area contributed by atoms with E-state index in [1.807, 2.05) is 26.0 Å². The molecule has 1 aromatic rings. The first-order chi connectivity index (χ1) is 6.56. The predicted octanol–water partition coefficient (Wildman–Crippen LogP) is 3.87.